The zero-order chi connectivity index (χ0) is 17.7. The van der Waals surface area contributed by atoms with E-state index in [1.807, 2.05) is 0 Å². The summed E-state index contributed by atoms with van der Waals surface area (Å²) in [6.07, 6.45) is 1.08. The van der Waals surface area contributed by atoms with Crippen molar-refractivity contribution < 1.29 is 18.7 Å². The van der Waals surface area contributed by atoms with Crippen LogP contribution in [-0.4, -0.2) is 56.1 Å². The maximum atomic E-state index is 13.6. The summed E-state index contributed by atoms with van der Waals surface area (Å²) in [4.78, 5) is 27.0. The summed E-state index contributed by atoms with van der Waals surface area (Å²) in [5, 5.41) is 5.56. The Hall–Kier alpha value is -1.99. The van der Waals surface area contributed by atoms with E-state index in [1.165, 1.54) is 6.07 Å². The zero-order valence-corrected chi connectivity index (χ0v) is 14.2. The van der Waals surface area contributed by atoms with E-state index in [0.29, 0.717) is 24.9 Å². The van der Waals surface area contributed by atoms with E-state index in [9.17, 15) is 14.0 Å². The quantitative estimate of drug-likeness (QED) is 0.710. The summed E-state index contributed by atoms with van der Waals surface area (Å²) >= 11 is 0. The minimum Gasteiger partial charge on any atom is -0.379 e. The van der Waals surface area contributed by atoms with Crippen LogP contribution < -0.4 is 10.6 Å². The van der Waals surface area contributed by atoms with Crippen LogP contribution >= 0.6 is 0 Å². The highest BCUT2D eigenvalue weighted by molar-refractivity contribution is 6.07. The van der Waals surface area contributed by atoms with Crippen LogP contribution in [0.4, 0.5) is 4.39 Å². The highest BCUT2D eigenvalue weighted by atomic mass is 19.1. The molecular weight excluding hydrogens is 325 g/mol. The van der Waals surface area contributed by atoms with Crippen molar-refractivity contribution in [2.24, 2.45) is 5.41 Å². The Labute approximate surface area is 146 Å². The van der Waals surface area contributed by atoms with Crippen LogP contribution in [0.1, 0.15) is 18.4 Å². The van der Waals surface area contributed by atoms with Crippen molar-refractivity contribution in [3.05, 3.63) is 35.6 Å². The lowest BCUT2D eigenvalue weighted by molar-refractivity contribution is -0.137. The van der Waals surface area contributed by atoms with Crippen LogP contribution in [0.15, 0.2) is 24.3 Å². The number of ether oxygens (including phenoxy) is 1. The van der Waals surface area contributed by atoms with Crippen LogP contribution in [0.5, 0.6) is 0 Å². The molecule has 1 heterocycles. The third-order valence-corrected chi connectivity index (χ3v) is 4.83. The average molecular weight is 349 g/mol. The van der Waals surface area contributed by atoms with Crippen molar-refractivity contribution >= 4 is 11.8 Å². The molecule has 2 N–H and O–H groups in total. The van der Waals surface area contributed by atoms with Crippen molar-refractivity contribution in [1.29, 1.82) is 0 Å². The monoisotopic (exact) mass is 349 g/mol. The number of amides is 2. The van der Waals surface area contributed by atoms with Gasteiger partial charge in [0.05, 0.1) is 13.2 Å². The Morgan fingerprint density at radius 2 is 1.80 bits per heavy atom. The lowest BCUT2D eigenvalue weighted by Gasteiger charge is -2.26. The second-order valence-electron chi connectivity index (χ2n) is 6.57. The number of hydrogen-bond acceptors (Lipinski definition) is 4. The van der Waals surface area contributed by atoms with E-state index < -0.39 is 5.41 Å². The van der Waals surface area contributed by atoms with Gasteiger partial charge in [-0.05, 0) is 18.9 Å². The van der Waals surface area contributed by atoms with Crippen LogP contribution in [-0.2, 0) is 20.9 Å². The standard InChI is InChI=1S/C18H24FN3O3/c19-15-4-2-1-3-14(15)13-21-17(24)18(5-6-18)16(23)20-7-8-22-9-11-25-12-10-22/h1-4H,5-13H2,(H,20,23)(H,21,24). The number of benzene rings is 1. The molecule has 136 valence electrons. The van der Waals surface area contributed by atoms with E-state index in [1.54, 1.807) is 18.2 Å². The topological polar surface area (TPSA) is 70.7 Å². The molecule has 7 heteroatoms. The molecular formula is C18H24FN3O3. The molecule has 1 saturated carbocycles. The summed E-state index contributed by atoms with van der Waals surface area (Å²) in [5.74, 6) is -0.908. The lowest BCUT2D eigenvalue weighted by atomic mass is 10.0. The maximum Gasteiger partial charge on any atom is 0.235 e. The minimum absolute atomic E-state index is 0.0916. The Bertz CT molecular complexity index is 628. The molecule has 2 amide bonds. The highest BCUT2D eigenvalue weighted by Gasteiger charge is 2.56. The van der Waals surface area contributed by atoms with E-state index in [-0.39, 0.29) is 24.2 Å². The zero-order valence-electron chi connectivity index (χ0n) is 14.2. The van der Waals surface area contributed by atoms with E-state index >= 15 is 0 Å². The molecule has 25 heavy (non-hydrogen) atoms. The number of rotatable bonds is 7. The number of nitrogens with one attached hydrogen (secondary N) is 2. The smallest absolute Gasteiger partial charge is 0.235 e. The first kappa shape index (κ1) is 17.8. The number of hydrogen-bond donors (Lipinski definition) is 2. The Balaban J connectivity index is 1.44. The number of nitrogens with zero attached hydrogens (tertiary/aromatic N) is 1. The van der Waals surface area contributed by atoms with Crippen molar-refractivity contribution in [2.75, 3.05) is 39.4 Å². The molecule has 0 spiro atoms. The van der Waals surface area contributed by atoms with Crippen molar-refractivity contribution in [3.8, 4) is 0 Å². The molecule has 3 rings (SSSR count). The molecule has 1 saturated heterocycles. The van der Waals surface area contributed by atoms with E-state index in [2.05, 4.69) is 15.5 Å². The van der Waals surface area contributed by atoms with Gasteiger partial charge in [-0.2, -0.15) is 0 Å². The summed E-state index contributed by atoms with van der Waals surface area (Å²) in [5.41, 5.74) is -0.560. The van der Waals surface area contributed by atoms with Crippen molar-refractivity contribution in [3.63, 3.8) is 0 Å². The molecule has 1 aliphatic heterocycles. The molecule has 1 aromatic carbocycles. The van der Waals surface area contributed by atoms with Crippen molar-refractivity contribution in [2.45, 2.75) is 19.4 Å². The average Bonchev–Trinajstić information content (AvgIpc) is 3.44. The van der Waals surface area contributed by atoms with Gasteiger partial charge >= 0.3 is 0 Å². The first-order valence-corrected chi connectivity index (χ1v) is 8.72. The number of carbonyl (C=O) groups excluding carboxylic acids is 2. The fraction of sp³-hybridized carbons (Fsp3) is 0.556. The molecule has 2 aliphatic rings. The van der Waals surface area contributed by atoms with Gasteiger partial charge in [0.1, 0.15) is 11.2 Å². The molecule has 0 bridgehead atoms. The molecule has 0 aromatic heterocycles. The Morgan fingerprint density at radius 3 is 2.48 bits per heavy atom. The third kappa shape index (κ3) is 4.35. The third-order valence-electron chi connectivity index (χ3n) is 4.83. The van der Waals surface area contributed by atoms with Crippen LogP contribution in [0, 0.1) is 11.2 Å². The molecule has 1 aliphatic carbocycles. The number of halogens is 1. The molecule has 0 unspecified atom stereocenters. The molecule has 1 aromatic rings. The van der Waals surface area contributed by atoms with E-state index in [0.717, 1.165) is 32.8 Å². The molecule has 2 fully saturated rings. The first-order valence-electron chi connectivity index (χ1n) is 8.72. The lowest BCUT2D eigenvalue weighted by Crippen LogP contribution is -2.46. The van der Waals surface area contributed by atoms with Crippen LogP contribution in [0.2, 0.25) is 0 Å². The highest BCUT2D eigenvalue weighted by Crippen LogP contribution is 2.46. The summed E-state index contributed by atoms with van der Waals surface area (Å²) in [6, 6.07) is 6.30. The van der Waals surface area contributed by atoms with Crippen LogP contribution in [0.3, 0.4) is 0 Å². The minimum atomic E-state index is -0.976. The molecule has 0 atom stereocenters. The Morgan fingerprint density at radius 1 is 1.12 bits per heavy atom. The van der Waals surface area contributed by atoms with Gasteiger partial charge in [0, 0.05) is 38.3 Å². The van der Waals surface area contributed by atoms with Gasteiger partial charge in [0.2, 0.25) is 11.8 Å². The SMILES string of the molecule is O=C(NCCN1CCOCC1)C1(C(=O)NCc2ccccc2F)CC1. The fourth-order valence-electron chi connectivity index (χ4n) is 2.99. The summed E-state index contributed by atoms with van der Waals surface area (Å²) in [7, 11) is 0. The van der Waals surface area contributed by atoms with E-state index in [4.69, 9.17) is 4.74 Å². The summed E-state index contributed by atoms with van der Waals surface area (Å²) in [6.45, 7) is 4.53. The van der Waals surface area contributed by atoms with Crippen LogP contribution in [0.25, 0.3) is 0 Å². The second-order valence-corrected chi connectivity index (χ2v) is 6.57. The van der Waals surface area contributed by atoms with Gasteiger partial charge in [0.15, 0.2) is 0 Å². The van der Waals surface area contributed by atoms with Gasteiger partial charge < -0.3 is 15.4 Å². The fourth-order valence-corrected chi connectivity index (χ4v) is 2.99. The molecule has 0 radical (unpaired) electrons. The normalized spacial score (nSPS) is 19.2. The van der Waals surface area contributed by atoms with Gasteiger partial charge in [-0.25, -0.2) is 4.39 Å². The predicted molar refractivity (Wildman–Crippen MR) is 90.2 cm³/mol. The predicted octanol–water partition coefficient (Wildman–Crippen LogP) is 0.670. The van der Waals surface area contributed by atoms with Gasteiger partial charge in [-0.15, -0.1) is 0 Å². The van der Waals surface area contributed by atoms with Gasteiger partial charge in [-0.1, -0.05) is 18.2 Å². The molecule has 6 nitrogen and oxygen atoms in total. The first-order chi connectivity index (χ1) is 12.1. The van der Waals surface area contributed by atoms with Crippen molar-refractivity contribution in [1.82, 2.24) is 15.5 Å². The Kier molecular flexibility index (Phi) is 5.65. The van der Waals surface area contributed by atoms with Gasteiger partial charge in [0.25, 0.3) is 0 Å². The van der Waals surface area contributed by atoms with Gasteiger partial charge in [-0.3, -0.25) is 14.5 Å². The maximum absolute atomic E-state index is 13.6. The largest absolute Gasteiger partial charge is 0.379 e. The number of morpholine rings is 1. The second kappa shape index (κ2) is 7.93. The summed E-state index contributed by atoms with van der Waals surface area (Å²) < 4.78 is 18.9. The number of carbonyl (C=O) groups is 2.